The minimum atomic E-state index is -2.48. The SMILES string of the molecule is CC(=O)N[C@@H]1[C@@H](O)C[C@](OCCCSCCNC(=O)c2ccc(-c3ccc(C(=O)NCCSCCCO[C@]4(C(=O)O)C[C@H](O)[C@@H](NC(C)=O)[C@H](C(O)[C@H](O)CNC(=O)c5ccc(-c6ccccc6)cc5)O4)cc3)cc2)(C(=O)O)O[C@H]1C(O)[C@H](O)CNC(=O)c1ccc(-c2ccccc2)cc1.[Na+]. The molecule has 0 bridgehead atoms. The van der Waals surface area contributed by atoms with Gasteiger partial charge in [0.1, 0.15) is 24.4 Å². The largest absolute Gasteiger partial charge is 1.00 e. The van der Waals surface area contributed by atoms with Crippen molar-refractivity contribution < 1.29 is 128 Å². The van der Waals surface area contributed by atoms with E-state index in [4.69, 9.17) is 18.9 Å². The molecule has 101 heavy (non-hydrogen) atoms. The minimum absolute atomic E-state index is 0. The van der Waals surface area contributed by atoms with E-state index in [0.29, 0.717) is 60.1 Å². The summed E-state index contributed by atoms with van der Waals surface area (Å²) in [7, 11) is 0. The molecule has 534 valence electrons. The van der Waals surface area contributed by atoms with Crippen molar-refractivity contribution in [3.8, 4) is 33.4 Å². The Hall–Kier alpha value is -7.62. The second kappa shape index (κ2) is 39.1. The van der Waals surface area contributed by atoms with Gasteiger partial charge in [0.05, 0.1) is 49.7 Å². The maximum Gasteiger partial charge on any atom is 1.00 e. The molecule has 0 spiro atoms. The number of hydrogen-bond donors (Lipinski definition) is 14. The fourth-order valence-electron chi connectivity index (χ4n) is 11.4. The number of aliphatic carboxylic acids is 2. The molecule has 0 aromatic heterocycles. The Morgan fingerprint density at radius 2 is 0.733 bits per heavy atom. The quantitative estimate of drug-likeness (QED) is 0.0191. The van der Waals surface area contributed by atoms with Gasteiger partial charge in [0.2, 0.25) is 11.8 Å². The summed E-state index contributed by atoms with van der Waals surface area (Å²) in [6, 6.07) is 43.6. The van der Waals surface area contributed by atoms with Crippen LogP contribution in [0.2, 0.25) is 0 Å². The third-order valence-corrected chi connectivity index (χ3v) is 18.8. The van der Waals surface area contributed by atoms with Crippen molar-refractivity contribution >= 4 is 70.9 Å². The number of benzene rings is 6. The van der Waals surface area contributed by atoms with E-state index in [2.05, 4.69) is 31.9 Å². The molecule has 6 amide bonds. The van der Waals surface area contributed by atoms with Crippen LogP contribution in [0.4, 0.5) is 0 Å². The van der Waals surface area contributed by atoms with Gasteiger partial charge in [-0.3, -0.25) is 28.8 Å². The molecular formula is C72H84N6NaO20S2+. The Morgan fingerprint density at radius 1 is 0.446 bits per heavy atom. The molecule has 8 rings (SSSR count). The standard InChI is InChI=1S/C72H84N6O20S2.Na/c1-43(79)77-59-55(81)39-71(69(91)92,97-63(59)61(85)57(83)41-75-67(89)53-27-15-47(16-28-53)45-11-5-3-6-12-45)95-33-9-35-99-37-31-73-65(87)51-23-19-49(20-24-51)50-21-25-52(26-22-50)66(88)74-32-38-100-36-10-34-96-72(70(93)94)40-56(82)60(78-44(2)80)64(98-72)62(86)58(84)42-76-68(90)54-29-17-48(18-30-54)46-13-7-4-8-14-46;/h3-8,11-30,55-64,81-86H,9-10,31-42H2,1-2H3,(H,73,87)(H,74,88)(H,75,89)(H,76,90)(H,77,79)(H,78,80)(H,91,92)(H,93,94);/q;+1/t55-,56-,57+,58+,59+,60+,61?,62?,63+,64+,71+,72+;/m0./s1. The molecule has 6 aromatic carbocycles. The minimum Gasteiger partial charge on any atom is -0.477 e. The summed E-state index contributed by atoms with van der Waals surface area (Å²) >= 11 is 2.91. The molecule has 2 fully saturated rings. The van der Waals surface area contributed by atoms with Gasteiger partial charge in [0.15, 0.2) is 0 Å². The second-order valence-electron chi connectivity index (χ2n) is 24.0. The van der Waals surface area contributed by atoms with Crippen LogP contribution in [-0.4, -0.2) is 223 Å². The van der Waals surface area contributed by atoms with Crippen molar-refractivity contribution in [2.75, 3.05) is 62.4 Å². The van der Waals surface area contributed by atoms with E-state index < -0.39 is 134 Å². The van der Waals surface area contributed by atoms with Crippen LogP contribution < -0.4 is 61.5 Å². The van der Waals surface area contributed by atoms with E-state index in [9.17, 15) is 79.2 Å². The van der Waals surface area contributed by atoms with Gasteiger partial charge < -0.3 is 91.7 Å². The van der Waals surface area contributed by atoms with Gasteiger partial charge in [-0.05, 0) is 106 Å². The zero-order chi connectivity index (χ0) is 71.9. The first kappa shape index (κ1) is 80.7. The molecule has 0 aliphatic carbocycles. The number of carboxylic acids is 2. The molecule has 2 heterocycles. The number of nitrogens with one attached hydrogen (secondary N) is 6. The Bertz CT molecular complexity index is 3470. The third-order valence-electron chi connectivity index (χ3n) is 16.7. The summed E-state index contributed by atoms with van der Waals surface area (Å²) in [5, 5.41) is 103. The van der Waals surface area contributed by atoms with Crippen molar-refractivity contribution in [2.45, 2.75) is 112 Å². The topological polar surface area (TPSA) is 408 Å². The van der Waals surface area contributed by atoms with Crippen molar-refractivity contribution in [3.63, 3.8) is 0 Å². The van der Waals surface area contributed by atoms with Gasteiger partial charge in [-0.1, -0.05) is 109 Å². The number of hydrogen-bond acceptors (Lipinski definition) is 20. The van der Waals surface area contributed by atoms with Crippen LogP contribution in [0.3, 0.4) is 0 Å². The van der Waals surface area contributed by atoms with Crippen molar-refractivity contribution in [1.29, 1.82) is 0 Å². The molecule has 12 atom stereocenters. The fraction of sp³-hybridized carbons (Fsp3) is 0.389. The predicted octanol–water partition coefficient (Wildman–Crippen LogP) is 0.605. The van der Waals surface area contributed by atoms with Gasteiger partial charge in [-0.25, -0.2) is 9.59 Å². The number of carbonyl (C=O) groups excluding carboxylic acids is 6. The van der Waals surface area contributed by atoms with Crippen LogP contribution >= 0.6 is 23.5 Å². The van der Waals surface area contributed by atoms with Crippen molar-refractivity contribution in [3.05, 3.63) is 180 Å². The normalized spacial score (nSPS) is 21.4. The summed E-state index contributed by atoms with van der Waals surface area (Å²) in [5.74, 6) is -9.26. The van der Waals surface area contributed by atoms with Crippen LogP contribution in [0.15, 0.2) is 158 Å². The molecular weight excluding hydrogens is 1360 g/mol. The molecule has 2 saturated heterocycles. The summed E-state index contributed by atoms with van der Waals surface area (Å²) < 4.78 is 23.2. The summed E-state index contributed by atoms with van der Waals surface area (Å²) in [4.78, 5) is 102. The first-order valence-electron chi connectivity index (χ1n) is 32.5. The molecule has 26 nitrogen and oxygen atoms in total. The number of ether oxygens (including phenoxy) is 4. The number of aliphatic hydroxyl groups excluding tert-OH is 6. The second-order valence-corrected chi connectivity index (χ2v) is 26.4. The van der Waals surface area contributed by atoms with Crippen LogP contribution in [0.25, 0.3) is 33.4 Å². The smallest absolute Gasteiger partial charge is 0.477 e. The Labute approximate surface area is 614 Å². The maximum absolute atomic E-state index is 13.0. The number of carboxylic acid groups (broad SMARTS) is 2. The molecule has 0 saturated carbocycles. The molecule has 2 aliphatic heterocycles. The number of carbonyl (C=O) groups is 8. The zero-order valence-electron chi connectivity index (χ0n) is 56.0. The first-order valence-corrected chi connectivity index (χ1v) is 34.8. The summed E-state index contributed by atoms with van der Waals surface area (Å²) in [6.07, 6.45) is -14.5. The van der Waals surface area contributed by atoms with E-state index in [-0.39, 0.29) is 65.7 Å². The summed E-state index contributed by atoms with van der Waals surface area (Å²) in [5.41, 5.74) is 6.61. The Kier molecular flexibility index (Phi) is 31.3. The fourth-order valence-corrected chi connectivity index (χ4v) is 12.9. The zero-order valence-corrected chi connectivity index (χ0v) is 59.6. The van der Waals surface area contributed by atoms with E-state index in [0.717, 1.165) is 47.2 Å². The third kappa shape index (κ3) is 22.7. The molecule has 0 radical (unpaired) electrons. The van der Waals surface area contributed by atoms with E-state index in [1.165, 1.54) is 23.5 Å². The first-order chi connectivity index (χ1) is 48.0. The van der Waals surface area contributed by atoms with Crippen LogP contribution in [-0.2, 0) is 38.1 Å². The van der Waals surface area contributed by atoms with Crippen LogP contribution in [0, 0.1) is 0 Å². The van der Waals surface area contributed by atoms with Crippen LogP contribution in [0.1, 0.15) is 81.0 Å². The van der Waals surface area contributed by atoms with Gasteiger partial charge in [0.25, 0.3) is 35.2 Å². The average molecular weight is 1440 g/mol. The van der Waals surface area contributed by atoms with E-state index in [1.807, 2.05) is 60.7 Å². The van der Waals surface area contributed by atoms with Gasteiger partial charge in [-0.15, -0.1) is 0 Å². The molecule has 6 aromatic rings. The van der Waals surface area contributed by atoms with Gasteiger partial charge in [-0.2, -0.15) is 23.5 Å². The molecule has 2 aliphatic rings. The number of thioether (sulfide) groups is 2. The predicted molar refractivity (Wildman–Crippen MR) is 372 cm³/mol. The van der Waals surface area contributed by atoms with Gasteiger partial charge in [0, 0.05) is 86.6 Å². The van der Waals surface area contributed by atoms with Crippen LogP contribution in [0.5, 0.6) is 0 Å². The van der Waals surface area contributed by atoms with E-state index in [1.54, 1.807) is 97.1 Å². The van der Waals surface area contributed by atoms with Crippen molar-refractivity contribution in [2.24, 2.45) is 0 Å². The summed E-state index contributed by atoms with van der Waals surface area (Å²) in [6.45, 7) is 1.58. The Balaban J connectivity index is 0.0000143. The number of rotatable bonds is 35. The molecule has 2 unspecified atom stereocenters. The Morgan fingerprint density at radius 3 is 1.02 bits per heavy atom. The molecule has 29 heteroatoms. The molecule has 14 N–H and O–H groups in total. The number of aliphatic hydroxyl groups is 6. The van der Waals surface area contributed by atoms with Gasteiger partial charge >= 0.3 is 41.5 Å². The maximum atomic E-state index is 13.0. The average Bonchev–Trinajstić information content (AvgIpc) is 0.772. The number of amides is 6. The monoisotopic (exact) mass is 1440 g/mol. The van der Waals surface area contributed by atoms with E-state index >= 15 is 0 Å². The van der Waals surface area contributed by atoms with Crippen molar-refractivity contribution in [1.82, 2.24) is 31.9 Å².